The summed E-state index contributed by atoms with van der Waals surface area (Å²) in [6.07, 6.45) is 7.16. The second-order valence-electron chi connectivity index (χ2n) is 6.31. The van der Waals surface area contributed by atoms with Gasteiger partial charge in [-0.05, 0) is 36.6 Å². The minimum absolute atomic E-state index is 0.0640. The normalized spacial score (nSPS) is 13.8. The number of aliphatic carboxylic acids is 1. The third-order valence-electron chi connectivity index (χ3n) is 3.83. The second kappa shape index (κ2) is 9.59. The van der Waals surface area contributed by atoms with E-state index in [1.807, 2.05) is 66.7 Å². The molecule has 0 heterocycles. The average molecular weight is 352 g/mol. The number of benzene rings is 2. The van der Waals surface area contributed by atoms with Crippen LogP contribution in [0.3, 0.4) is 0 Å². The minimum Gasteiger partial charge on any atom is -0.489 e. The summed E-state index contributed by atoms with van der Waals surface area (Å²) >= 11 is 0. The van der Waals surface area contributed by atoms with E-state index in [1.54, 1.807) is 19.1 Å². The summed E-state index contributed by atoms with van der Waals surface area (Å²) in [5.41, 5.74) is 1.00. The minimum atomic E-state index is -1.13. The van der Waals surface area contributed by atoms with Gasteiger partial charge in [0, 0.05) is 6.42 Å². The van der Waals surface area contributed by atoms with Gasteiger partial charge in [-0.2, -0.15) is 0 Å². The summed E-state index contributed by atoms with van der Waals surface area (Å²) in [5, 5.41) is 18.7. The molecule has 2 N–H and O–H groups in total. The molecule has 0 aliphatic heterocycles. The van der Waals surface area contributed by atoms with Crippen molar-refractivity contribution in [3.8, 4) is 5.75 Å². The van der Waals surface area contributed by atoms with E-state index in [0.29, 0.717) is 6.61 Å². The Bertz CT molecular complexity index is 743. The summed E-state index contributed by atoms with van der Waals surface area (Å²) in [4.78, 5) is 10.6. The lowest BCUT2D eigenvalue weighted by Crippen LogP contribution is -2.21. The van der Waals surface area contributed by atoms with Crippen molar-refractivity contribution in [1.29, 1.82) is 0 Å². The van der Waals surface area contributed by atoms with Gasteiger partial charge >= 0.3 is 5.97 Å². The number of aliphatic hydroxyl groups is 1. The number of rotatable bonds is 9. The molecule has 1 atom stereocenters. The molecule has 0 aliphatic carbocycles. The van der Waals surface area contributed by atoms with Crippen molar-refractivity contribution in [3.63, 3.8) is 0 Å². The van der Waals surface area contributed by atoms with Crippen molar-refractivity contribution in [2.45, 2.75) is 32.0 Å². The van der Waals surface area contributed by atoms with Crippen LogP contribution >= 0.6 is 0 Å². The first-order chi connectivity index (χ1) is 12.4. The monoisotopic (exact) mass is 352 g/mol. The van der Waals surface area contributed by atoms with Crippen LogP contribution in [0.25, 0.3) is 6.08 Å². The summed E-state index contributed by atoms with van der Waals surface area (Å²) in [7, 11) is 0. The van der Waals surface area contributed by atoms with Crippen LogP contribution in [0.2, 0.25) is 0 Å². The third-order valence-corrected chi connectivity index (χ3v) is 3.83. The van der Waals surface area contributed by atoms with Crippen LogP contribution < -0.4 is 4.74 Å². The molecule has 0 radical (unpaired) electrons. The fourth-order valence-corrected chi connectivity index (χ4v) is 2.29. The molecule has 4 nitrogen and oxygen atoms in total. The second-order valence-corrected chi connectivity index (χ2v) is 6.31. The maximum atomic E-state index is 10.6. The molecular formula is C22H24O4. The highest BCUT2D eigenvalue weighted by Gasteiger charge is 2.17. The van der Waals surface area contributed by atoms with Gasteiger partial charge in [0.1, 0.15) is 12.4 Å². The quantitative estimate of drug-likeness (QED) is 0.654. The van der Waals surface area contributed by atoms with Crippen molar-refractivity contribution in [3.05, 3.63) is 84.0 Å². The van der Waals surface area contributed by atoms with Crippen LogP contribution in [0.1, 0.15) is 30.9 Å². The predicted octanol–water partition coefficient (Wildman–Crippen LogP) is 4.45. The van der Waals surface area contributed by atoms with Crippen molar-refractivity contribution in [2.24, 2.45) is 0 Å². The van der Waals surface area contributed by atoms with Gasteiger partial charge in [-0.3, -0.25) is 4.79 Å². The van der Waals surface area contributed by atoms with Gasteiger partial charge in [-0.15, -0.1) is 0 Å². The van der Waals surface area contributed by atoms with E-state index in [1.165, 1.54) is 0 Å². The molecule has 0 fully saturated rings. The maximum absolute atomic E-state index is 10.6. The van der Waals surface area contributed by atoms with Crippen LogP contribution in [0.5, 0.6) is 5.75 Å². The maximum Gasteiger partial charge on any atom is 0.303 e. The Labute approximate surface area is 154 Å². The lowest BCUT2D eigenvalue weighted by Gasteiger charge is -2.16. The van der Waals surface area contributed by atoms with E-state index >= 15 is 0 Å². The van der Waals surface area contributed by atoms with Crippen LogP contribution in [0.4, 0.5) is 0 Å². The van der Waals surface area contributed by atoms with Gasteiger partial charge < -0.3 is 14.9 Å². The molecule has 2 aromatic carbocycles. The number of allylic oxidation sites excluding steroid dienone is 2. The molecule has 0 aromatic heterocycles. The van der Waals surface area contributed by atoms with E-state index in [0.717, 1.165) is 16.9 Å². The van der Waals surface area contributed by atoms with E-state index in [-0.39, 0.29) is 12.8 Å². The Morgan fingerprint density at radius 2 is 1.77 bits per heavy atom. The zero-order chi connectivity index (χ0) is 18.8. The summed E-state index contributed by atoms with van der Waals surface area (Å²) in [6.45, 7) is 2.13. The number of carbonyl (C=O) groups is 1. The molecular weight excluding hydrogens is 328 g/mol. The molecule has 0 saturated heterocycles. The number of hydrogen-bond acceptors (Lipinski definition) is 3. The molecule has 0 spiro atoms. The topological polar surface area (TPSA) is 66.8 Å². The Hall–Kier alpha value is -2.85. The smallest absolute Gasteiger partial charge is 0.303 e. The van der Waals surface area contributed by atoms with Crippen molar-refractivity contribution < 1.29 is 19.7 Å². The van der Waals surface area contributed by atoms with Gasteiger partial charge in [0.25, 0.3) is 0 Å². The van der Waals surface area contributed by atoms with Crippen LogP contribution in [0.15, 0.2) is 72.8 Å². The number of carboxylic acid groups (broad SMARTS) is 1. The van der Waals surface area contributed by atoms with E-state index in [2.05, 4.69) is 0 Å². The third kappa shape index (κ3) is 7.36. The molecule has 0 aliphatic rings. The fourth-order valence-electron chi connectivity index (χ4n) is 2.29. The summed E-state index contributed by atoms with van der Waals surface area (Å²) < 4.78 is 5.74. The molecule has 0 amide bonds. The van der Waals surface area contributed by atoms with E-state index < -0.39 is 11.6 Å². The summed E-state index contributed by atoms with van der Waals surface area (Å²) in [6, 6.07) is 17.7. The number of carboxylic acids is 1. The van der Waals surface area contributed by atoms with Gasteiger partial charge in [-0.1, -0.05) is 66.8 Å². The van der Waals surface area contributed by atoms with Gasteiger partial charge in [0.15, 0.2) is 0 Å². The van der Waals surface area contributed by atoms with E-state index in [9.17, 15) is 9.90 Å². The Balaban J connectivity index is 1.83. The van der Waals surface area contributed by atoms with Gasteiger partial charge in [0.2, 0.25) is 0 Å². The zero-order valence-corrected chi connectivity index (χ0v) is 14.8. The molecule has 4 heteroatoms. The molecule has 0 bridgehead atoms. The van der Waals surface area contributed by atoms with E-state index in [4.69, 9.17) is 9.84 Å². The van der Waals surface area contributed by atoms with Crippen molar-refractivity contribution in [2.75, 3.05) is 0 Å². The van der Waals surface area contributed by atoms with Gasteiger partial charge in [-0.25, -0.2) is 0 Å². The Morgan fingerprint density at radius 1 is 1.08 bits per heavy atom. The van der Waals surface area contributed by atoms with Crippen molar-refractivity contribution in [1.82, 2.24) is 0 Å². The highest BCUT2D eigenvalue weighted by atomic mass is 16.5. The lowest BCUT2D eigenvalue weighted by molar-refractivity contribution is -0.138. The highest BCUT2D eigenvalue weighted by Crippen LogP contribution is 2.16. The molecule has 0 saturated carbocycles. The molecule has 136 valence electrons. The van der Waals surface area contributed by atoms with Crippen LogP contribution in [-0.4, -0.2) is 21.8 Å². The Morgan fingerprint density at radius 3 is 2.42 bits per heavy atom. The molecule has 2 rings (SSSR count). The number of hydrogen-bond donors (Lipinski definition) is 2. The van der Waals surface area contributed by atoms with Crippen molar-refractivity contribution >= 4 is 12.0 Å². The average Bonchev–Trinajstić information content (AvgIpc) is 2.64. The predicted molar refractivity (Wildman–Crippen MR) is 103 cm³/mol. The van der Waals surface area contributed by atoms with Crippen LogP contribution in [0, 0.1) is 0 Å². The van der Waals surface area contributed by atoms with Crippen LogP contribution in [-0.2, 0) is 11.4 Å². The largest absolute Gasteiger partial charge is 0.489 e. The molecule has 26 heavy (non-hydrogen) atoms. The molecule has 2 aromatic rings. The lowest BCUT2D eigenvalue weighted by atomic mass is 9.99. The standard InChI is InChI=1S/C22H24O4/c1-22(25,16-14-21(23)24)15-6-5-7-18-10-12-20(13-11-18)26-17-19-8-3-2-4-9-19/h2-13,15,25H,14,16-17H2,1H3,(H,23,24). The zero-order valence-electron chi connectivity index (χ0n) is 14.8. The first-order valence-electron chi connectivity index (χ1n) is 8.51. The summed E-state index contributed by atoms with van der Waals surface area (Å²) in [5.74, 6) is -0.109. The van der Waals surface area contributed by atoms with Gasteiger partial charge in [0.05, 0.1) is 5.60 Å². The Kier molecular flexibility index (Phi) is 7.18. The first-order valence-corrected chi connectivity index (χ1v) is 8.51. The SMILES string of the molecule is CC(O)(C=CC=Cc1ccc(OCc2ccccc2)cc1)CCC(=O)O. The first kappa shape index (κ1) is 19.5. The molecule has 1 unspecified atom stereocenters. The highest BCUT2D eigenvalue weighted by molar-refractivity contribution is 5.66. The number of ether oxygens (including phenoxy) is 1. The fraction of sp³-hybridized carbons (Fsp3) is 0.227.